The van der Waals surface area contributed by atoms with Crippen molar-refractivity contribution >= 4 is 28.8 Å². The number of imidazole rings is 1. The molecule has 1 aromatic carbocycles. The number of aromatic amines is 1. The first-order valence-electron chi connectivity index (χ1n) is 6.65. The molecule has 1 N–H and O–H groups in total. The lowest BCUT2D eigenvalue weighted by molar-refractivity contribution is -0.140. The lowest BCUT2D eigenvalue weighted by Crippen LogP contribution is -2.09. The van der Waals surface area contributed by atoms with Crippen molar-refractivity contribution in [2.24, 2.45) is 0 Å². The molecule has 106 valence electrons. The summed E-state index contributed by atoms with van der Waals surface area (Å²) in [6, 6.07) is 5.73. The predicted molar refractivity (Wildman–Crippen MR) is 77.1 cm³/mol. The summed E-state index contributed by atoms with van der Waals surface area (Å²) in [5.41, 5.74) is 1.79. The molecule has 0 spiro atoms. The molecule has 6 heteroatoms. The number of rotatable bonds is 4. The number of cyclic esters (lactones) is 1. The van der Waals surface area contributed by atoms with Gasteiger partial charge in [0, 0.05) is 12.5 Å². The van der Waals surface area contributed by atoms with Gasteiger partial charge in [0.05, 0.1) is 17.6 Å². The molecule has 1 fully saturated rings. The lowest BCUT2D eigenvalue weighted by atomic mass is 10.3. The maximum atomic E-state index is 11.6. The van der Waals surface area contributed by atoms with Crippen LogP contribution in [0.5, 0.6) is 5.75 Å². The molecule has 2 heterocycles. The van der Waals surface area contributed by atoms with E-state index in [1.165, 1.54) is 11.8 Å². The maximum absolute atomic E-state index is 11.6. The second kappa shape index (κ2) is 5.36. The lowest BCUT2D eigenvalue weighted by Gasteiger charge is -2.01. The van der Waals surface area contributed by atoms with E-state index in [0.29, 0.717) is 6.61 Å². The third kappa shape index (κ3) is 2.60. The first-order chi connectivity index (χ1) is 9.65. The minimum atomic E-state index is -0.170. The van der Waals surface area contributed by atoms with Gasteiger partial charge in [0.1, 0.15) is 17.1 Å². The van der Waals surface area contributed by atoms with Gasteiger partial charge >= 0.3 is 5.97 Å². The monoisotopic (exact) mass is 292 g/mol. The summed E-state index contributed by atoms with van der Waals surface area (Å²) in [6.45, 7) is 4.49. The van der Waals surface area contributed by atoms with Gasteiger partial charge in [0.2, 0.25) is 0 Å². The molecule has 0 bridgehead atoms. The third-order valence-corrected chi connectivity index (χ3v) is 4.21. The van der Waals surface area contributed by atoms with E-state index in [9.17, 15) is 4.79 Å². The molecule has 20 heavy (non-hydrogen) atoms. The molecule has 0 aliphatic carbocycles. The number of benzene rings is 1. The van der Waals surface area contributed by atoms with Crippen LogP contribution in [-0.4, -0.2) is 33.9 Å². The van der Waals surface area contributed by atoms with Crippen LogP contribution in [0.1, 0.15) is 20.3 Å². The minimum Gasteiger partial charge on any atom is -0.494 e. The standard InChI is InChI=1S/C14H16N2O3S/c1-3-18-9-4-5-10-11(7-9)16-14(15-10)20-12-6-8(2)19-13(12)17/h4-5,7-8,12H,3,6H2,1-2H3,(H,15,16)/t8-,12+/m1/s1. The fraction of sp³-hybridized carbons (Fsp3) is 0.429. The summed E-state index contributed by atoms with van der Waals surface area (Å²) in [5.74, 6) is 0.659. The zero-order chi connectivity index (χ0) is 14.1. The molecule has 1 aliphatic rings. The number of H-pyrrole nitrogens is 1. The Morgan fingerprint density at radius 2 is 2.40 bits per heavy atom. The van der Waals surface area contributed by atoms with E-state index in [1.807, 2.05) is 32.0 Å². The van der Waals surface area contributed by atoms with Gasteiger partial charge in [-0.15, -0.1) is 0 Å². The molecule has 2 atom stereocenters. The Hall–Kier alpha value is -1.69. The van der Waals surface area contributed by atoms with Crippen molar-refractivity contribution in [3.63, 3.8) is 0 Å². The Morgan fingerprint density at radius 3 is 3.10 bits per heavy atom. The summed E-state index contributed by atoms with van der Waals surface area (Å²) in [4.78, 5) is 19.3. The van der Waals surface area contributed by atoms with Crippen LogP contribution < -0.4 is 4.74 Å². The van der Waals surface area contributed by atoms with Crippen LogP contribution in [0.15, 0.2) is 23.4 Å². The van der Waals surface area contributed by atoms with Crippen LogP contribution in [0.4, 0.5) is 0 Å². The van der Waals surface area contributed by atoms with E-state index in [2.05, 4.69) is 9.97 Å². The summed E-state index contributed by atoms with van der Waals surface area (Å²) in [7, 11) is 0. The molecule has 1 saturated heterocycles. The van der Waals surface area contributed by atoms with Crippen LogP contribution >= 0.6 is 11.8 Å². The summed E-state index contributed by atoms with van der Waals surface area (Å²) >= 11 is 1.43. The highest BCUT2D eigenvalue weighted by molar-refractivity contribution is 8.00. The number of hydrogen-bond acceptors (Lipinski definition) is 5. The van der Waals surface area contributed by atoms with E-state index in [1.54, 1.807) is 0 Å². The summed E-state index contributed by atoms with van der Waals surface area (Å²) < 4.78 is 10.6. The first-order valence-corrected chi connectivity index (χ1v) is 7.53. The van der Waals surface area contributed by atoms with Crippen LogP contribution in [0.25, 0.3) is 11.0 Å². The fourth-order valence-corrected chi connectivity index (χ4v) is 3.34. The maximum Gasteiger partial charge on any atom is 0.319 e. The Morgan fingerprint density at radius 1 is 1.55 bits per heavy atom. The molecule has 0 radical (unpaired) electrons. The van der Waals surface area contributed by atoms with Crippen molar-refractivity contribution in [2.45, 2.75) is 36.8 Å². The highest BCUT2D eigenvalue weighted by atomic mass is 32.2. The Labute approximate surface area is 121 Å². The molecule has 1 aliphatic heterocycles. The highest BCUT2D eigenvalue weighted by Crippen LogP contribution is 2.32. The average molecular weight is 292 g/mol. The van der Waals surface area contributed by atoms with E-state index in [0.717, 1.165) is 28.4 Å². The van der Waals surface area contributed by atoms with Gasteiger partial charge in [-0.05, 0) is 26.0 Å². The fourth-order valence-electron chi connectivity index (χ4n) is 2.23. The predicted octanol–water partition coefficient (Wildman–Crippen LogP) is 2.76. The summed E-state index contributed by atoms with van der Waals surface area (Å²) in [6.07, 6.45) is 0.721. The molecule has 0 unspecified atom stereocenters. The summed E-state index contributed by atoms with van der Waals surface area (Å²) in [5, 5.41) is 0.571. The first kappa shape index (κ1) is 13.3. The van der Waals surface area contributed by atoms with Crippen molar-refractivity contribution in [3.8, 4) is 5.75 Å². The second-order valence-corrected chi connectivity index (χ2v) is 5.94. The van der Waals surface area contributed by atoms with Crippen molar-refractivity contribution in [2.75, 3.05) is 6.61 Å². The van der Waals surface area contributed by atoms with Crippen LogP contribution in [0, 0.1) is 0 Å². The Bertz CT molecular complexity index is 640. The van der Waals surface area contributed by atoms with Gasteiger partial charge in [-0.25, -0.2) is 4.98 Å². The van der Waals surface area contributed by atoms with Crippen LogP contribution in [0.3, 0.4) is 0 Å². The largest absolute Gasteiger partial charge is 0.494 e. The van der Waals surface area contributed by atoms with E-state index >= 15 is 0 Å². The van der Waals surface area contributed by atoms with Crippen molar-refractivity contribution in [1.82, 2.24) is 9.97 Å². The zero-order valence-electron chi connectivity index (χ0n) is 11.4. The number of carbonyl (C=O) groups excluding carboxylic acids is 1. The van der Waals surface area contributed by atoms with Crippen LogP contribution in [-0.2, 0) is 9.53 Å². The number of fused-ring (bicyclic) bond motifs is 1. The van der Waals surface area contributed by atoms with Gasteiger partial charge in [-0.2, -0.15) is 0 Å². The van der Waals surface area contributed by atoms with Crippen molar-refractivity contribution in [1.29, 1.82) is 0 Å². The van der Waals surface area contributed by atoms with E-state index in [-0.39, 0.29) is 17.3 Å². The average Bonchev–Trinajstić information content (AvgIpc) is 2.93. The number of carbonyl (C=O) groups is 1. The van der Waals surface area contributed by atoms with E-state index in [4.69, 9.17) is 9.47 Å². The SMILES string of the molecule is CCOc1ccc2nc(S[C@H]3C[C@@H](C)OC3=O)[nH]c2c1. The zero-order valence-corrected chi connectivity index (χ0v) is 12.2. The molecular formula is C14H16N2O3S. The normalized spacial score (nSPS) is 22.2. The quantitative estimate of drug-likeness (QED) is 0.878. The number of ether oxygens (including phenoxy) is 2. The van der Waals surface area contributed by atoms with Gasteiger partial charge in [0.15, 0.2) is 5.16 Å². The Kier molecular flexibility index (Phi) is 3.56. The molecule has 2 aromatic rings. The number of esters is 1. The molecule has 5 nitrogen and oxygen atoms in total. The Balaban J connectivity index is 1.80. The van der Waals surface area contributed by atoms with Crippen LogP contribution in [0.2, 0.25) is 0 Å². The number of nitrogens with one attached hydrogen (secondary N) is 1. The number of nitrogens with zero attached hydrogens (tertiary/aromatic N) is 1. The number of thioether (sulfide) groups is 1. The second-order valence-electron chi connectivity index (χ2n) is 4.74. The topological polar surface area (TPSA) is 64.2 Å². The highest BCUT2D eigenvalue weighted by Gasteiger charge is 2.33. The molecule has 1 aromatic heterocycles. The number of aromatic nitrogens is 2. The molecular weight excluding hydrogens is 276 g/mol. The van der Waals surface area contributed by atoms with Gasteiger partial charge in [-0.3, -0.25) is 4.79 Å². The number of hydrogen-bond donors (Lipinski definition) is 1. The molecule has 3 rings (SSSR count). The van der Waals surface area contributed by atoms with Gasteiger partial charge in [-0.1, -0.05) is 11.8 Å². The smallest absolute Gasteiger partial charge is 0.319 e. The van der Waals surface area contributed by atoms with Gasteiger partial charge in [0.25, 0.3) is 0 Å². The van der Waals surface area contributed by atoms with Crippen molar-refractivity contribution in [3.05, 3.63) is 18.2 Å². The molecule has 0 saturated carbocycles. The molecule has 0 amide bonds. The van der Waals surface area contributed by atoms with Crippen molar-refractivity contribution < 1.29 is 14.3 Å². The van der Waals surface area contributed by atoms with E-state index < -0.39 is 0 Å². The minimum absolute atomic E-state index is 0.00562. The third-order valence-electron chi connectivity index (χ3n) is 3.12. The van der Waals surface area contributed by atoms with Gasteiger partial charge < -0.3 is 14.5 Å².